The number of hydrogen-bond acceptors (Lipinski definition) is 7. The number of ether oxygens (including phenoxy) is 1. The standard InChI is InChI=1S/C25H21N7O2/c1-25(2)22(16-7-4-3-5-8-16)32(24(33)34-25)17-11-14-31-20(15-17)29-30-23(31)28-19-10-13-26-18-9-6-12-27-21(18)19/h3-15,22H,1-2H3,(H,26,28,30). The molecule has 1 amide bonds. The van der Waals surface area contributed by atoms with Gasteiger partial charge in [-0.3, -0.25) is 19.3 Å². The summed E-state index contributed by atoms with van der Waals surface area (Å²) in [5, 5.41) is 11.9. The molecule has 0 bridgehead atoms. The molecule has 9 nitrogen and oxygen atoms in total. The van der Waals surface area contributed by atoms with Crippen molar-refractivity contribution in [3.8, 4) is 0 Å². The van der Waals surface area contributed by atoms with Gasteiger partial charge in [0.05, 0.1) is 16.9 Å². The maximum Gasteiger partial charge on any atom is 0.415 e. The van der Waals surface area contributed by atoms with Crippen molar-refractivity contribution in [2.75, 3.05) is 10.2 Å². The SMILES string of the molecule is CC1(C)OC(=O)N(c2ccn3c(Nc4ccnc5cccnc45)nnc3c2)C1c1ccccc1. The molecule has 5 heterocycles. The van der Waals surface area contributed by atoms with Crippen LogP contribution in [0.4, 0.5) is 22.1 Å². The number of carbonyl (C=O) groups excluding carboxylic acids is 1. The number of rotatable bonds is 4. The number of benzene rings is 1. The van der Waals surface area contributed by atoms with E-state index in [2.05, 4.69) is 25.5 Å². The summed E-state index contributed by atoms with van der Waals surface area (Å²) >= 11 is 0. The monoisotopic (exact) mass is 451 g/mol. The minimum Gasteiger partial charge on any atom is -0.441 e. The van der Waals surface area contributed by atoms with Crippen molar-refractivity contribution in [3.63, 3.8) is 0 Å². The first-order valence-electron chi connectivity index (χ1n) is 10.9. The van der Waals surface area contributed by atoms with Gasteiger partial charge in [0, 0.05) is 24.7 Å². The van der Waals surface area contributed by atoms with Gasteiger partial charge in [-0.2, -0.15) is 0 Å². The molecule has 6 rings (SSSR count). The second-order valence-corrected chi connectivity index (χ2v) is 8.65. The van der Waals surface area contributed by atoms with Gasteiger partial charge in [-0.1, -0.05) is 30.3 Å². The number of cyclic esters (lactones) is 1. The van der Waals surface area contributed by atoms with E-state index in [-0.39, 0.29) is 6.04 Å². The zero-order valence-corrected chi connectivity index (χ0v) is 18.6. The number of anilines is 3. The topological polar surface area (TPSA) is 97.5 Å². The second kappa shape index (κ2) is 7.51. The third kappa shape index (κ3) is 3.21. The zero-order valence-electron chi connectivity index (χ0n) is 18.6. The quantitative estimate of drug-likeness (QED) is 0.415. The third-order valence-electron chi connectivity index (χ3n) is 5.99. The van der Waals surface area contributed by atoms with Crippen molar-refractivity contribution >= 4 is 40.1 Å². The van der Waals surface area contributed by atoms with E-state index >= 15 is 0 Å². The molecule has 1 unspecified atom stereocenters. The van der Waals surface area contributed by atoms with Crippen LogP contribution in [0.3, 0.4) is 0 Å². The minimum absolute atomic E-state index is 0.279. The van der Waals surface area contributed by atoms with Gasteiger partial charge in [0.1, 0.15) is 17.2 Å². The first-order chi connectivity index (χ1) is 16.5. The molecule has 0 saturated carbocycles. The summed E-state index contributed by atoms with van der Waals surface area (Å²) in [5.74, 6) is 0.531. The molecule has 0 spiro atoms. The summed E-state index contributed by atoms with van der Waals surface area (Å²) in [4.78, 5) is 23.4. The number of amides is 1. The Labute approximate surface area is 195 Å². The van der Waals surface area contributed by atoms with Crippen LogP contribution in [0, 0.1) is 0 Å². The number of hydrogen-bond donors (Lipinski definition) is 1. The average Bonchev–Trinajstić information content (AvgIpc) is 3.35. The lowest BCUT2D eigenvalue weighted by molar-refractivity contribution is 0.0685. The first-order valence-corrected chi connectivity index (χ1v) is 10.9. The lowest BCUT2D eigenvalue weighted by Gasteiger charge is -2.29. The van der Waals surface area contributed by atoms with E-state index in [1.807, 2.05) is 85.1 Å². The molecular formula is C25H21N7O2. The molecule has 34 heavy (non-hydrogen) atoms. The van der Waals surface area contributed by atoms with Crippen LogP contribution in [0.1, 0.15) is 25.5 Å². The number of nitrogens with zero attached hydrogens (tertiary/aromatic N) is 6. The highest BCUT2D eigenvalue weighted by Gasteiger charge is 2.49. The van der Waals surface area contributed by atoms with E-state index in [4.69, 9.17) is 4.74 Å². The molecule has 0 radical (unpaired) electrons. The summed E-state index contributed by atoms with van der Waals surface area (Å²) < 4.78 is 7.56. The van der Waals surface area contributed by atoms with Gasteiger partial charge in [0.2, 0.25) is 5.95 Å². The minimum atomic E-state index is -0.694. The van der Waals surface area contributed by atoms with Gasteiger partial charge in [-0.25, -0.2) is 4.79 Å². The number of carbonyl (C=O) groups is 1. The maximum atomic E-state index is 12.9. The Morgan fingerprint density at radius 1 is 0.971 bits per heavy atom. The Morgan fingerprint density at radius 2 is 1.82 bits per heavy atom. The van der Waals surface area contributed by atoms with Crippen LogP contribution >= 0.6 is 0 Å². The Morgan fingerprint density at radius 3 is 2.68 bits per heavy atom. The Balaban J connectivity index is 1.38. The lowest BCUT2D eigenvalue weighted by Crippen LogP contribution is -2.33. The average molecular weight is 451 g/mol. The number of pyridine rings is 3. The molecule has 0 aliphatic carbocycles. The van der Waals surface area contributed by atoms with Gasteiger partial charge in [-0.15, -0.1) is 10.2 Å². The fourth-order valence-corrected chi connectivity index (χ4v) is 4.50. The summed E-state index contributed by atoms with van der Waals surface area (Å²) in [6, 6.07) is 18.9. The smallest absolute Gasteiger partial charge is 0.415 e. The molecule has 1 aliphatic heterocycles. The normalized spacial score (nSPS) is 17.3. The number of aromatic nitrogens is 5. The molecule has 1 N–H and O–H groups in total. The van der Waals surface area contributed by atoms with Crippen LogP contribution in [-0.2, 0) is 4.74 Å². The molecule has 5 aromatic rings. The van der Waals surface area contributed by atoms with E-state index in [0.29, 0.717) is 17.3 Å². The summed E-state index contributed by atoms with van der Waals surface area (Å²) in [6.45, 7) is 3.85. The molecule has 1 aromatic carbocycles. The highest BCUT2D eigenvalue weighted by atomic mass is 16.6. The summed E-state index contributed by atoms with van der Waals surface area (Å²) in [5.41, 5.74) is 3.89. The van der Waals surface area contributed by atoms with E-state index < -0.39 is 11.7 Å². The first kappa shape index (κ1) is 20.1. The summed E-state index contributed by atoms with van der Waals surface area (Å²) in [6.07, 6.45) is 4.89. The second-order valence-electron chi connectivity index (χ2n) is 8.65. The third-order valence-corrected chi connectivity index (χ3v) is 5.99. The zero-order chi connectivity index (χ0) is 23.3. The van der Waals surface area contributed by atoms with E-state index in [1.54, 1.807) is 17.3 Å². The van der Waals surface area contributed by atoms with E-state index in [1.165, 1.54) is 0 Å². The van der Waals surface area contributed by atoms with Gasteiger partial charge >= 0.3 is 6.09 Å². The van der Waals surface area contributed by atoms with Gasteiger partial charge in [0.15, 0.2) is 5.65 Å². The lowest BCUT2D eigenvalue weighted by atomic mass is 9.91. The molecule has 168 valence electrons. The Hall–Kier alpha value is -4.53. The highest BCUT2D eigenvalue weighted by Crippen LogP contribution is 2.43. The molecule has 1 fully saturated rings. The van der Waals surface area contributed by atoms with Crippen molar-refractivity contribution in [1.29, 1.82) is 0 Å². The number of nitrogens with one attached hydrogen (secondary N) is 1. The van der Waals surface area contributed by atoms with Crippen molar-refractivity contribution in [2.24, 2.45) is 0 Å². The molecule has 1 saturated heterocycles. The molecule has 4 aromatic heterocycles. The van der Waals surface area contributed by atoms with Crippen LogP contribution in [0.15, 0.2) is 79.3 Å². The van der Waals surface area contributed by atoms with Gasteiger partial charge in [-0.05, 0) is 43.7 Å². The molecule has 1 aliphatic rings. The van der Waals surface area contributed by atoms with Crippen LogP contribution in [0.25, 0.3) is 16.7 Å². The molecular weight excluding hydrogens is 430 g/mol. The summed E-state index contributed by atoms with van der Waals surface area (Å²) in [7, 11) is 0. The van der Waals surface area contributed by atoms with Crippen molar-refractivity contribution < 1.29 is 9.53 Å². The van der Waals surface area contributed by atoms with E-state index in [0.717, 1.165) is 22.3 Å². The Bertz CT molecular complexity index is 1530. The fraction of sp³-hybridized carbons (Fsp3) is 0.160. The maximum absolute atomic E-state index is 12.9. The largest absolute Gasteiger partial charge is 0.441 e. The predicted octanol–water partition coefficient (Wildman–Crippen LogP) is 4.89. The van der Waals surface area contributed by atoms with Crippen LogP contribution in [0.2, 0.25) is 0 Å². The fourth-order valence-electron chi connectivity index (χ4n) is 4.50. The predicted molar refractivity (Wildman–Crippen MR) is 128 cm³/mol. The van der Waals surface area contributed by atoms with Crippen molar-refractivity contribution in [1.82, 2.24) is 24.6 Å². The number of fused-ring (bicyclic) bond motifs is 2. The van der Waals surface area contributed by atoms with Crippen LogP contribution in [0.5, 0.6) is 0 Å². The van der Waals surface area contributed by atoms with Crippen molar-refractivity contribution in [3.05, 3.63) is 84.8 Å². The molecule has 1 atom stereocenters. The van der Waals surface area contributed by atoms with Crippen LogP contribution < -0.4 is 10.2 Å². The van der Waals surface area contributed by atoms with Gasteiger partial charge < -0.3 is 10.1 Å². The highest BCUT2D eigenvalue weighted by molar-refractivity contribution is 5.92. The molecule has 9 heteroatoms. The van der Waals surface area contributed by atoms with Gasteiger partial charge in [0.25, 0.3) is 0 Å². The van der Waals surface area contributed by atoms with Crippen LogP contribution in [-0.4, -0.2) is 36.3 Å². The van der Waals surface area contributed by atoms with Crippen molar-refractivity contribution in [2.45, 2.75) is 25.5 Å². The Kier molecular flexibility index (Phi) is 4.44. The van der Waals surface area contributed by atoms with E-state index in [9.17, 15) is 4.79 Å².